The molecule has 0 saturated heterocycles. The Bertz CT molecular complexity index is 707. The Morgan fingerprint density at radius 2 is 1.68 bits per heavy atom. The number of benzene rings is 2. The lowest BCUT2D eigenvalue weighted by molar-refractivity contribution is -0.137. The molecule has 0 unspecified atom stereocenters. The summed E-state index contributed by atoms with van der Waals surface area (Å²) in [4.78, 5) is 13.7. The minimum Gasteiger partial charge on any atom is -0.311 e. The summed E-state index contributed by atoms with van der Waals surface area (Å²) >= 11 is 0. The van der Waals surface area contributed by atoms with Crippen LogP contribution in [0.2, 0.25) is 0 Å². The molecule has 0 aliphatic rings. The molecule has 5 heteroatoms. The first-order valence-electron chi connectivity index (χ1n) is 6.72. The van der Waals surface area contributed by atoms with Crippen molar-refractivity contribution in [1.82, 2.24) is 0 Å². The van der Waals surface area contributed by atoms with Crippen LogP contribution < -0.4 is 4.90 Å². The van der Waals surface area contributed by atoms with Gasteiger partial charge in [0.15, 0.2) is 0 Å². The van der Waals surface area contributed by atoms with E-state index in [1.54, 1.807) is 13.1 Å². The number of hydrogen-bond acceptors (Lipinski definition) is 1. The topological polar surface area (TPSA) is 20.3 Å². The Hall–Kier alpha value is -2.30. The summed E-state index contributed by atoms with van der Waals surface area (Å²) in [6.07, 6.45) is -4.46. The van der Waals surface area contributed by atoms with Gasteiger partial charge in [0.05, 0.1) is 5.56 Å². The van der Waals surface area contributed by atoms with Crippen LogP contribution in [-0.2, 0) is 6.18 Å². The number of aryl methyl sites for hydroxylation is 2. The molecular weight excluding hydrogens is 291 g/mol. The number of rotatable bonds is 2. The molecule has 0 N–H and O–H groups in total. The lowest BCUT2D eigenvalue weighted by atomic mass is 10.1. The van der Waals surface area contributed by atoms with Gasteiger partial charge in [-0.15, -0.1) is 0 Å². The number of amides is 1. The molecule has 0 heterocycles. The van der Waals surface area contributed by atoms with Gasteiger partial charge in [0.2, 0.25) is 0 Å². The molecule has 1 amide bonds. The summed E-state index contributed by atoms with van der Waals surface area (Å²) < 4.78 is 38.2. The number of alkyl halides is 3. The van der Waals surface area contributed by atoms with Crippen LogP contribution in [0.5, 0.6) is 0 Å². The highest BCUT2D eigenvalue weighted by Crippen LogP contribution is 2.30. The van der Waals surface area contributed by atoms with Gasteiger partial charge in [-0.2, -0.15) is 13.2 Å². The second kappa shape index (κ2) is 5.83. The zero-order valence-electron chi connectivity index (χ0n) is 12.5. The largest absolute Gasteiger partial charge is 0.416 e. The van der Waals surface area contributed by atoms with Crippen LogP contribution in [0.1, 0.15) is 27.0 Å². The predicted molar refractivity (Wildman–Crippen MR) is 80.1 cm³/mol. The van der Waals surface area contributed by atoms with Crippen molar-refractivity contribution in [2.24, 2.45) is 0 Å². The molecule has 0 aliphatic heterocycles. The van der Waals surface area contributed by atoms with E-state index in [1.165, 1.54) is 17.0 Å². The van der Waals surface area contributed by atoms with Crippen molar-refractivity contribution in [2.45, 2.75) is 20.0 Å². The zero-order chi connectivity index (χ0) is 16.5. The molecule has 0 spiro atoms. The minimum absolute atomic E-state index is 0.00977. The highest BCUT2D eigenvalue weighted by molar-refractivity contribution is 6.05. The monoisotopic (exact) mass is 307 g/mol. The third kappa shape index (κ3) is 3.30. The van der Waals surface area contributed by atoms with E-state index >= 15 is 0 Å². The molecule has 22 heavy (non-hydrogen) atoms. The third-order valence-corrected chi connectivity index (χ3v) is 3.62. The van der Waals surface area contributed by atoms with E-state index < -0.39 is 17.6 Å². The standard InChI is InChI=1S/C17H16F3NO/c1-11-7-8-15(9-12(11)2)21(3)16(22)13-5-4-6-14(10-13)17(18,19)20/h4-10H,1-3H3. The maximum atomic E-state index is 12.7. The lowest BCUT2D eigenvalue weighted by Gasteiger charge is -2.19. The Labute approximate surface area is 127 Å². The van der Waals surface area contributed by atoms with Crippen molar-refractivity contribution in [1.29, 1.82) is 0 Å². The second-order valence-corrected chi connectivity index (χ2v) is 5.21. The molecule has 0 radical (unpaired) electrons. The summed E-state index contributed by atoms with van der Waals surface area (Å²) in [6, 6.07) is 9.93. The van der Waals surface area contributed by atoms with Crippen LogP contribution in [0.15, 0.2) is 42.5 Å². The average molecular weight is 307 g/mol. The predicted octanol–water partition coefficient (Wildman–Crippen LogP) is 4.60. The molecule has 2 nitrogen and oxygen atoms in total. The molecule has 116 valence electrons. The fourth-order valence-electron chi connectivity index (χ4n) is 2.07. The SMILES string of the molecule is Cc1ccc(N(C)C(=O)c2cccc(C(F)(F)F)c2)cc1C. The first kappa shape index (κ1) is 16.1. The van der Waals surface area contributed by atoms with Crippen LogP contribution in [0.4, 0.5) is 18.9 Å². The molecule has 0 aromatic heterocycles. The third-order valence-electron chi connectivity index (χ3n) is 3.62. The van der Waals surface area contributed by atoms with E-state index in [0.29, 0.717) is 5.69 Å². The van der Waals surface area contributed by atoms with Crippen LogP contribution in [0.3, 0.4) is 0 Å². The molecule has 2 aromatic rings. The van der Waals surface area contributed by atoms with E-state index in [-0.39, 0.29) is 5.56 Å². The van der Waals surface area contributed by atoms with Crippen LogP contribution in [-0.4, -0.2) is 13.0 Å². The van der Waals surface area contributed by atoms with Crippen LogP contribution in [0, 0.1) is 13.8 Å². The molecule has 2 aromatic carbocycles. The number of anilines is 1. The molecule has 2 rings (SSSR count). The fraction of sp³-hybridized carbons (Fsp3) is 0.235. The van der Waals surface area contributed by atoms with Crippen LogP contribution in [0.25, 0.3) is 0 Å². The van der Waals surface area contributed by atoms with E-state index in [9.17, 15) is 18.0 Å². The maximum Gasteiger partial charge on any atom is 0.416 e. The summed E-state index contributed by atoms with van der Waals surface area (Å²) in [5, 5.41) is 0. The van der Waals surface area contributed by atoms with Crippen molar-refractivity contribution in [2.75, 3.05) is 11.9 Å². The van der Waals surface area contributed by atoms with E-state index in [2.05, 4.69) is 0 Å². The van der Waals surface area contributed by atoms with E-state index in [1.807, 2.05) is 26.0 Å². The normalized spacial score (nSPS) is 11.4. The van der Waals surface area contributed by atoms with Gasteiger partial charge in [0, 0.05) is 18.3 Å². The molecular formula is C17H16F3NO. The number of hydrogen-bond donors (Lipinski definition) is 0. The van der Waals surface area contributed by atoms with E-state index in [4.69, 9.17) is 0 Å². The van der Waals surface area contributed by atoms with Crippen molar-refractivity contribution >= 4 is 11.6 Å². The van der Waals surface area contributed by atoms with Gasteiger partial charge >= 0.3 is 6.18 Å². The highest BCUT2D eigenvalue weighted by atomic mass is 19.4. The summed E-state index contributed by atoms with van der Waals surface area (Å²) in [5.74, 6) is -0.477. The molecule has 0 aliphatic carbocycles. The van der Waals surface area contributed by atoms with Crippen molar-refractivity contribution in [3.63, 3.8) is 0 Å². The zero-order valence-corrected chi connectivity index (χ0v) is 12.5. The summed E-state index contributed by atoms with van der Waals surface area (Å²) in [6.45, 7) is 3.87. The second-order valence-electron chi connectivity index (χ2n) is 5.21. The molecule has 0 atom stereocenters. The summed E-state index contributed by atoms with van der Waals surface area (Å²) in [7, 11) is 1.55. The maximum absolute atomic E-state index is 12.7. The Balaban J connectivity index is 2.33. The van der Waals surface area contributed by atoms with Gasteiger partial charge < -0.3 is 4.90 Å². The number of halogens is 3. The van der Waals surface area contributed by atoms with Crippen molar-refractivity contribution in [3.05, 3.63) is 64.7 Å². The fourth-order valence-corrected chi connectivity index (χ4v) is 2.07. The number of nitrogens with zero attached hydrogens (tertiary/aromatic N) is 1. The van der Waals surface area contributed by atoms with Gasteiger partial charge in [-0.3, -0.25) is 4.79 Å². The van der Waals surface area contributed by atoms with Gasteiger partial charge in [0.1, 0.15) is 0 Å². The Morgan fingerprint density at radius 3 is 2.27 bits per heavy atom. The van der Waals surface area contributed by atoms with Crippen LogP contribution >= 0.6 is 0 Å². The molecule has 0 bridgehead atoms. The van der Waals surface area contributed by atoms with Gasteiger partial charge in [-0.25, -0.2) is 0 Å². The lowest BCUT2D eigenvalue weighted by Crippen LogP contribution is -2.26. The average Bonchev–Trinajstić information content (AvgIpc) is 2.48. The highest BCUT2D eigenvalue weighted by Gasteiger charge is 2.31. The van der Waals surface area contributed by atoms with Crippen molar-refractivity contribution < 1.29 is 18.0 Å². The van der Waals surface area contributed by atoms with Gasteiger partial charge in [-0.1, -0.05) is 12.1 Å². The smallest absolute Gasteiger partial charge is 0.311 e. The minimum atomic E-state index is -4.46. The summed E-state index contributed by atoms with van der Waals surface area (Å²) in [5.41, 5.74) is 1.93. The van der Waals surface area contributed by atoms with Crippen molar-refractivity contribution in [3.8, 4) is 0 Å². The van der Waals surface area contributed by atoms with Gasteiger partial charge in [-0.05, 0) is 55.3 Å². The van der Waals surface area contributed by atoms with E-state index in [0.717, 1.165) is 23.3 Å². The Kier molecular flexibility index (Phi) is 4.26. The molecule has 0 fully saturated rings. The first-order chi connectivity index (χ1) is 10.2. The number of carbonyl (C=O) groups is 1. The molecule has 0 saturated carbocycles. The number of carbonyl (C=O) groups excluding carboxylic acids is 1. The quantitative estimate of drug-likeness (QED) is 0.794. The Morgan fingerprint density at radius 1 is 1.00 bits per heavy atom. The first-order valence-corrected chi connectivity index (χ1v) is 6.72. The van der Waals surface area contributed by atoms with Gasteiger partial charge in [0.25, 0.3) is 5.91 Å².